The monoisotopic (exact) mass is 182 g/mol. The van der Waals surface area contributed by atoms with Crippen LogP contribution >= 0.6 is 0 Å². The Kier molecular flexibility index (Phi) is 2.08. The van der Waals surface area contributed by atoms with Crippen molar-refractivity contribution in [3.63, 3.8) is 0 Å². The number of nitrogen functional groups attached to an aromatic ring is 1. The number of nitrogens with one attached hydrogen (secondary N) is 1. The Balaban J connectivity index is 2.23. The molecule has 2 rings (SSSR count). The zero-order valence-electron chi connectivity index (χ0n) is 7.49. The van der Waals surface area contributed by atoms with Crippen LogP contribution in [-0.4, -0.2) is 14.8 Å². The summed E-state index contributed by atoms with van der Waals surface area (Å²) >= 11 is 0. The lowest BCUT2D eigenvalue weighted by atomic mass is 9.96. The van der Waals surface area contributed by atoms with E-state index in [-0.39, 0.29) is 17.7 Å². The van der Waals surface area contributed by atoms with Crippen molar-refractivity contribution in [2.24, 2.45) is 0 Å². The number of aromatic nitrogens is 3. The van der Waals surface area contributed by atoms with Gasteiger partial charge >= 0.3 is 5.69 Å². The Bertz CT molecular complexity index is 334. The Morgan fingerprint density at radius 3 is 2.62 bits per heavy atom. The molecule has 0 radical (unpaired) electrons. The molecule has 5 heteroatoms. The van der Waals surface area contributed by atoms with E-state index in [1.54, 1.807) is 0 Å². The maximum absolute atomic E-state index is 11.3. The molecule has 1 aliphatic rings. The average Bonchev–Trinajstić information content (AvgIpc) is 2.47. The Hall–Kier alpha value is -1.26. The first-order chi connectivity index (χ1) is 6.27. The van der Waals surface area contributed by atoms with Gasteiger partial charge < -0.3 is 5.73 Å². The molecule has 3 N–H and O–H groups in total. The molecule has 1 aromatic heterocycles. The normalized spacial score (nSPS) is 19.1. The van der Waals surface area contributed by atoms with E-state index in [9.17, 15) is 4.79 Å². The van der Waals surface area contributed by atoms with Gasteiger partial charge in [-0.1, -0.05) is 19.3 Å². The van der Waals surface area contributed by atoms with Crippen LogP contribution in [0.1, 0.15) is 38.1 Å². The number of hydrogen-bond donors (Lipinski definition) is 2. The van der Waals surface area contributed by atoms with Crippen LogP contribution in [0.2, 0.25) is 0 Å². The second-order valence-electron chi connectivity index (χ2n) is 3.55. The molecule has 1 saturated carbocycles. The summed E-state index contributed by atoms with van der Waals surface area (Å²) in [6.45, 7) is 0. The SMILES string of the molecule is Nc1nn(C2CCCCC2)c(=O)[nH]1. The van der Waals surface area contributed by atoms with Crippen LogP contribution in [0.15, 0.2) is 4.79 Å². The van der Waals surface area contributed by atoms with Crippen molar-refractivity contribution < 1.29 is 0 Å². The number of H-pyrrole nitrogens is 1. The third kappa shape index (κ3) is 1.59. The van der Waals surface area contributed by atoms with Gasteiger partial charge in [-0.05, 0) is 12.8 Å². The van der Waals surface area contributed by atoms with Crippen molar-refractivity contribution in [2.45, 2.75) is 38.1 Å². The molecule has 1 aliphatic carbocycles. The lowest BCUT2D eigenvalue weighted by Crippen LogP contribution is -2.25. The zero-order valence-corrected chi connectivity index (χ0v) is 7.49. The first kappa shape index (κ1) is 8.34. The van der Waals surface area contributed by atoms with Crippen LogP contribution in [-0.2, 0) is 0 Å². The number of nitrogens with two attached hydrogens (primary N) is 1. The van der Waals surface area contributed by atoms with Gasteiger partial charge in [-0.3, -0.25) is 4.98 Å². The highest BCUT2D eigenvalue weighted by molar-refractivity contribution is 5.09. The molecule has 1 aromatic rings. The molecular formula is C8H14N4O. The third-order valence-electron chi connectivity index (χ3n) is 2.58. The molecule has 0 aromatic carbocycles. The quantitative estimate of drug-likeness (QED) is 0.669. The van der Waals surface area contributed by atoms with E-state index < -0.39 is 0 Å². The standard InChI is InChI=1S/C8H14N4O/c9-7-10-8(13)12(11-7)6-4-2-1-3-5-6/h6H,1-5H2,(H3,9,10,11,13). The maximum Gasteiger partial charge on any atom is 0.344 e. The van der Waals surface area contributed by atoms with Crippen molar-refractivity contribution in [2.75, 3.05) is 5.73 Å². The minimum Gasteiger partial charge on any atom is -0.368 e. The summed E-state index contributed by atoms with van der Waals surface area (Å²) in [6, 6.07) is 0.259. The first-order valence-electron chi connectivity index (χ1n) is 4.71. The molecule has 13 heavy (non-hydrogen) atoms. The van der Waals surface area contributed by atoms with Gasteiger partial charge in [0.05, 0.1) is 6.04 Å². The minimum absolute atomic E-state index is 0.176. The largest absolute Gasteiger partial charge is 0.368 e. The van der Waals surface area contributed by atoms with Crippen LogP contribution in [0, 0.1) is 0 Å². The van der Waals surface area contributed by atoms with Gasteiger partial charge in [0.1, 0.15) is 0 Å². The predicted octanol–water partition coefficient (Wildman–Crippen LogP) is 0.659. The second kappa shape index (κ2) is 3.24. The molecule has 1 fully saturated rings. The molecule has 0 saturated heterocycles. The first-order valence-corrected chi connectivity index (χ1v) is 4.71. The fourth-order valence-electron chi connectivity index (χ4n) is 1.93. The number of rotatable bonds is 1. The van der Waals surface area contributed by atoms with Crippen molar-refractivity contribution in [3.8, 4) is 0 Å². The third-order valence-corrected chi connectivity index (χ3v) is 2.58. The molecule has 0 amide bonds. The van der Waals surface area contributed by atoms with E-state index in [4.69, 9.17) is 5.73 Å². The van der Waals surface area contributed by atoms with Gasteiger partial charge in [0.25, 0.3) is 0 Å². The van der Waals surface area contributed by atoms with Crippen LogP contribution < -0.4 is 11.4 Å². The number of aromatic amines is 1. The molecule has 1 heterocycles. The van der Waals surface area contributed by atoms with Crippen molar-refractivity contribution in [1.29, 1.82) is 0 Å². The van der Waals surface area contributed by atoms with E-state index >= 15 is 0 Å². The second-order valence-corrected chi connectivity index (χ2v) is 3.55. The molecule has 0 spiro atoms. The maximum atomic E-state index is 11.3. The summed E-state index contributed by atoms with van der Waals surface area (Å²) in [4.78, 5) is 13.8. The lowest BCUT2D eigenvalue weighted by Gasteiger charge is -2.20. The van der Waals surface area contributed by atoms with Gasteiger partial charge in [0.15, 0.2) is 0 Å². The number of anilines is 1. The average molecular weight is 182 g/mol. The molecule has 0 bridgehead atoms. The summed E-state index contributed by atoms with van der Waals surface area (Å²) in [5.41, 5.74) is 5.22. The van der Waals surface area contributed by atoms with Crippen molar-refractivity contribution in [3.05, 3.63) is 10.5 Å². The lowest BCUT2D eigenvalue weighted by molar-refractivity contribution is 0.322. The Morgan fingerprint density at radius 1 is 1.38 bits per heavy atom. The van der Waals surface area contributed by atoms with E-state index in [0.29, 0.717) is 0 Å². The molecule has 5 nitrogen and oxygen atoms in total. The molecule has 0 aliphatic heterocycles. The molecular weight excluding hydrogens is 168 g/mol. The topological polar surface area (TPSA) is 76.7 Å². The van der Waals surface area contributed by atoms with Crippen LogP contribution in [0.3, 0.4) is 0 Å². The van der Waals surface area contributed by atoms with Crippen LogP contribution in [0.4, 0.5) is 5.95 Å². The van der Waals surface area contributed by atoms with E-state index in [1.807, 2.05) is 0 Å². The fourth-order valence-corrected chi connectivity index (χ4v) is 1.93. The fraction of sp³-hybridized carbons (Fsp3) is 0.750. The summed E-state index contributed by atoms with van der Waals surface area (Å²) in [5.74, 6) is 0.218. The van der Waals surface area contributed by atoms with Gasteiger partial charge in [0.2, 0.25) is 5.95 Å². The minimum atomic E-state index is -0.176. The van der Waals surface area contributed by atoms with E-state index in [2.05, 4.69) is 10.1 Å². The zero-order chi connectivity index (χ0) is 9.26. The van der Waals surface area contributed by atoms with Gasteiger partial charge in [-0.25, -0.2) is 9.48 Å². The Labute approximate surface area is 75.9 Å². The van der Waals surface area contributed by atoms with Gasteiger partial charge in [-0.15, -0.1) is 5.10 Å². The smallest absolute Gasteiger partial charge is 0.344 e. The Morgan fingerprint density at radius 2 is 2.08 bits per heavy atom. The summed E-state index contributed by atoms with van der Waals surface area (Å²) < 4.78 is 1.49. The highest BCUT2D eigenvalue weighted by atomic mass is 16.2. The molecule has 72 valence electrons. The summed E-state index contributed by atoms with van der Waals surface area (Å²) in [7, 11) is 0. The van der Waals surface area contributed by atoms with E-state index in [1.165, 1.54) is 23.9 Å². The highest BCUT2D eigenvalue weighted by Crippen LogP contribution is 2.26. The predicted molar refractivity (Wildman–Crippen MR) is 49.4 cm³/mol. The summed E-state index contributed by atoms with van der Waals surface area (Å²) in [5, 5.41) is 3.96. The van der Waals surface area contributed by atoms with Gasteiger partial charge in [-0.2, -0.15) is 0 Å². The molecule has 0 atom stereocenters. The van der Waals surface area contributed by atoms with E-state index in [0.717, 1.165) is 12.8 Å². The van der Waals surface area contributed by atoms with Crippen LogP contribution in [0.5, 0.6) is 0 Å². The molecule has 0 unspecified atom stereocenters. The van der Waals surface area contributed by atoms with Crippen molar-refractivity contribution in [1.82, 2.24) is 14.8 Å². The number of nitrogens with zero attached hydrogens (tertiary/aromatic N) is 2. The summed E-state index contributed by atoms with van der Waals surface area (Å²) in [6.07, 6.45) is 5.73. The number of hydrogen-bond acceptors (Lipinski definition) is 3. The van der Waals surface area contributed by atoms with Crippen molar-refractivity contribution >= 4 is 5.95 Å². The van der Waals surface area contributed by atoms with Crippen LogP contribution in [0.25, 0.3) is 0 Å². The van der Waals surface area contributed by atoms with Gasteiger partial charge in [0, 0.05) is 0 Å². The highest BCUT2D eigenvalue weighted by Gasteiger charge is 2.18.